The lowest BCUT2D eigenvalue weighted by molar-refractivity contribution is -0.135. The Morgan fingerprint density at radius 2 is 1.88 bits per heavy atom. The maximum absolute atomic E-state index is 13.8. The molecule has 0 saturated heterocycles. The smallest absolute Gasteiger partial charge is 0.332 e. The molecule has 0 radical (unpaired) electrons. The number of anilines is 1. The van der Waals surface area contributed by atoms with Crippen molar-refractivity contribution < 1.29 is 30.7 Å². The van der Waals surface area contributed by atoms with Crippen LogP contribution < -0.4 is 10.6 Å². The largest absolute Gasteiger partial charge is 0.363 e. The quantitative estimate of drug-likeness (QED) is 0.670. The molecule has 0 amide bonds. The van der Waals surface area contributed by atoms with E-state index < -0.39 is 35.7 Å². The molecule has 2 rings (SSSR count). The summed E-state index contributed by atoms with van der Waals surface area (Å²) in [5.41, 5.74) is -1.52. The van der Waals surface area contributed by atoms with E-state index in [9.17, 15) is 30.7 Å². The normalized spacial score (nSPS) is 20.4. The third kappa shape index (κ3) is 4.58. The number of hydrogen-bond donors (Lipinski definition) is 2. The van der Waals surface area contributed by atoms with Gasteiger partial charge in [-0.3, -0.25) is 0 Å². The van der Waals surface area contributed by atoms with Gasteiger partial charge in [0.25, 0.3) is 5.92 Å². The van der Waals surface area contributed by atoms with Crippen molar-refractivity contribution in [1.82, 2.24) is 5.32 Å². The maximum atomic E-state index is 13.8. The van der Waals surface area contributed by atoms with E-state index in [4.69, 9.17) is 0 Å². The number of nitrogens with one attached hydrogen (secondary N) is 2. The van der Waals surface area contributed by atoms with Crippen LogP contribution in [0.15, 0.2) is 30.6 Å². The number of benzene rings is 1. The zero-order valence-corrected chi connectivity index (χ0v) is 13.1. The van der Waals surface area contributed by atoms with E-state index in [1.54, 1.807) is 0 Å². The highest BCUT2D eigenvalue weighted by molar-refractivity contribution is 5.51. The van der Waals surface area contributed by atoms with E-state index in [-0.39, 0.29) is 24.4 Å². The summed E-state index contributed by atoms with van der Waals surface area (Å²) in [6.07, 6.45) is -3.13. The lowest BCUT2D eigenvalue weighted by Gasteiger charge is -2.33. The second-order valence-electron chi connectivity index (χ2n) is 5.96. The predicted octanol–water partition coefficient (Wildman–Crippen LogP) is 5.23. The molecule has 1 aliphatic rings. The Morgan fingerprint density at radius 1 is 1.20 bits per heavy atom. The summed E-state index contributed by atoms with van der Waals surface area (Å²) in [6, 6.07) is 0.498. The van der Waals surface area contributed by atoms with E-state index in [1.807, 2.05) is 0 Å². The molecule has 1 atom stereocenters. The van der Waals surface area contributed by atoms with Crippen LogP contribution in [0.2, 0.25) is 0 Å². The minimum absolute atomic E-state index is 0.163. The van der Waals surface area contributed by atoms with Gasteiger partial charge in [-0.05, 0) is 31.0 Å². The van der Waals surface area contributed by atoms with E-state index in [0.29, 0.717) is 25.0 Å². The van der Waals surface area contributed by atoms with Gasteiger partial charge >= 0.3 is 12.3 Å². The van der Waals surface area contributed by atoms with Gasteiger partial charge in [0.1, 0.15) is 5.82 Å². The topological polar surface area (TPSA) is 24.1 Å². The van der Waals surface area contributed by atoms with Gasteiger partial charge in [-0.1, -0.05) is 13.0 Å². The molecule has 1 aromatic rings. The average Bonchev–Trinajstić information content (AvgIpc) is 2.48. The zero-order valence-electron chi connectivity index (χ0n) is 13.1. The molecule has 0 aliphatic heterocycles. The minimum Gasteiger partial charge on any atom is -0.363 e. The van der Waals surface area contributed by atoms with E-state index in [2.05, 4.69) is 17.2 Å². The van der Waals surface area contributed by atoms with Gasteiger partial charge in [-0.15, -0.1) is 0 Å². The summed E-state index contributed by atoms with van der Waals surface area (Å²) in [4.78, 5) is 0. The van der Waals surface area contributed by atoms with E-state index in [0.717, 1.165) is 6.07 Å². The Labute approximate surface area is 140 Å². The Kier molecular flexibility index (Phi) is 5.53. The van der Waals surface area contributed by atoms with Gasteiger partial charge in [0.2, 0.25) is 0 Å². The SMILES string of the molecule is C=C(Nc1cc(F)cc(C(F)(F)C(F)F)c1)NC1CCCCC1(F)F. The third-order valence-corrected chi connectivity index (χ3v) is 3.96. The molecule has 140 valence electrons. The number of rotatable bonds is 6. The fourth-order valence-electron chi connectivity index (χ4n) is 2.67. The van der Waals surface area contributed by atoms with Gasteiger partial charge in [0.15, 0.2) is 0 Å². The Balaban J connectivity index is 2.12. The summed E-state index contributed by atoms with van der Waals surface area (Å²) in [5.74, 6) is -8.83. The van der Waals surface area contributed by atoms with Crippen molar-refractivity contribution in [2.24, 2.45) is 0 Å². The van der Waals surface area contributed by atoms with Crippen LogP contribution >= 0.6 is 0 Å². The molecular weight excluding hydrogens is 353 g/mol. The molecule has 0 heterocycles. The molecule has 1 saturated carbocycles. The lowest BCUT2D eigenvalue weighted by Crippen LogP contribution is -2.47. The molecule has 9 heteroatoms. The van der Waals surface area contributed by atoms with Crippen LogP contribution in [0.4, 0.5) is 36.4 Å². The molecule has 25 heavy (non-hydrogen) atoms. The fourth-order valence-corrected chi connectivity index (χ4v) is 2.67. The summed E-state index contributed by atoms with van der Waals surface area (Å²) in [6.45, 7) is 3.45. The highest BCUT2D eigenvalue weighted by atomic mass is 19.3. The van der Waals surface area contributed by atoms with Crippen molar-refractivity contribution in [2.75, 3.05) is 5.32 Å². The van der Waals surface area contributed by atoms with Crippen LogP contribution in [0.25, 0.3) is 0 Å². The monoisotopic (exact) mass is 370 g/mol. The molecule has 1 aromatic carbocycles. The summed E-state index contributed by atoms with van der Waals surface area (Å²) >= 11 is 0. The highest BCUT2D eigenvalue weighted by Gasteiger charge is 2.43. The molecule has 0 spiro atoms. The van der Waals surface area contributed by atoms with Crippen molar-refractivity contribution in [1.29, 1.82) is 0 Å². The second-order valence-corrected chi connectivity index (χ2v) is 5.96. The molecule has 1 aliphatic carbocycles. The van der Waals surface area contributed by atoms with Crippen LogP contribution in [0, 0.1) is 5.82 Å². The maximum Gasteiger partial charge on any atom is 0.332 e. The molecule has 0 aromatic heterocycles. The summed E-state index contributed by atoms with van der Waals surface area (Å²) in [5, 5.41) is 4.81. The van der Waals surface area contributed by atoms with Crippen LogP contribution in [-0.2, 0) is 5.92 Å². The molecule has 0 bridgehead atoms. The number of hydrogen-bond acceptors (Lipinski definition) is 2. The predicted molar refractivity (Wildman–Crippen MR) is 79.4 cm³/mol. The van der Waals surface area contributed by atoms with Crippen LogP contribution in [0.3, 0.4) is 0 Å². The van der Waals surface area contributed by atoms with E-state index >= 15 is 0 Å². The van der Waals surface area contributed by atoms with Crippen LogP contribution in [-0.4, -0.2) is 18.4 Å². The van der Waals surface area contributed by atoms with Crippen molar-refractivity contribution >= 4 is 5.69 Å². The number of alkyl halides is 6. The highest BCUT2D eigenvalue weighted by Crippen LogP contribution is 2.37. The van der Waals surface area contributed by atoms with Gasteiger partial charge in [0.05, 0.1) is 11.9 Å². The standard InChI is InChI=1S/C16H17F7N2/c1-9(25-13-4-2-3-5-15(13,20)21)24-12-7-10(6-11(17)8-12)16(22,23)14(18)19/h6-8,13-14,24-25H,1-5H2. The van der Waals surface area contributed by atoms with Crippen molar-refractivity contribution in [3.63, 3.8) is 0 Å². The fraction of sp³-hybridized carbons (Fsp3) is 0.500. The van der Waals surface area contributed by atoms with Gasteiger partial charge in [-0.2, -0.15) is 8.78 Å². The van der Waals surface area contributed by atoms with Crippen LogP contribution in [0.5, 0.6) is 0 Å². The van der Waals surface area contributed by atoms with Gasteiger partial charge in [-0.25, -0.2) is 22.0 Å². The van der Waals surface area contributed by atoms with Crippen molar-refractivity contribution in [3.8, 4) is 0 Å². The Hall–Kier alpha value is -1.93. The van der Waals surface area contributed by atoms with Gasteiger partial charge in [0, 0.05) is 17.7 Å². The molecule has 1 unspecified atom stereocenters. The van der Waals surface area contributed by atoms with Crippen molar-refractivity contribution in [2.45, 2.75) is 50.0 Å². The molecular formula is C16H17F7N2. The molecule has 2 N–H and O–H groups in total. The first-order chi connectivity index (χ1) is 11.5. The summed E-state index contributed by atoms with van der Waals surface area (Å²) < 4.78 is 92.6. The van der Waals surface area contributed by atoms with Gasteiger partial charge < -0.3 is 10.6 Å². The van der Waals surface area contributed by atoms with Crippen molar-refractivity contribution in [3.05, 3.63) is 42.0 Å². The Bertz CT molecular complexity index is 631. The summed E-state index contributed by atoms with van der Waals surface area (Å²) in [7, 11) is 0. The lowest BCUT2D eigenvalue weighted by atomic mass is 9.91. The Morgan fingerprint density at radius 3 is 2.48 bits per heavy atom. The minimum atomic E-state index is -4.54. The number of halogens is 7. The second kappa shape index (κ2) is 7.13. The third-order valence-electron chi connectivity index (χ3n) is 3.96. The first-order valence-electron chi connectivity index (χ1n) is 7.59. The average molecular weight is 370 g/mol. The first-order valence-corrected chi connectivity index (χ1v) is 7.59. The zero-order chi connectivity index (χ0) is 18.8. The molecule has 1 fully saturated rings. The van der Waals surface area contributed by atoms with Crippen LogP contribution in [0.1, 0.15) is 31.2 Å². The van der Waals surface area contributed by atoms with E-state index in [1.165, 1.54) is 0 Å². The first kappa shape index (κ1) is 19.4. The molecule has 2 nitrogen and oxygen atoms in total.